The van der Waals surface area contributed by atoms with Crippen LogP contribution in [-0.2, 0) is 4.79 Å². The summed E-state index contributed by atoms with van der Waals surface area (Å²) in [4.78, 5) is 11.9. The maximum Gasteiger partial charge on any atom is 0.237 e. The van der Waals surface area contributed by atoms with Crippen LogP contribution in [0.2, 0.25) is 0 Å². The van der Waals surface area contributed by atoms with E-state index in [4.69, 9.17) is 0 Å². The molecule has 92 valence electrons. The highest BCUT2D eigenvalue weighted by Crippen LogP contribution is 2.13. The van der Waals surface area contributed by atoms with Crippen molar-refractivity contribution in [1.82, 2.24) is 10.6 Å². The van der Waals surface area contributed by atoms with Crippen LogP contribution < -0.4 is 10.6 Å². The summed E-state index contributed by atoms with van der Waals surface area (Å²) >= 11 is 0. The van der Waals surface area contributed by atoms with Gasteiger partial charge < -0.3 is 15.7 Å². The Morgan fingerprint density at radius 3 is 2.82 bits per heavy atom. The topological polar surface area (TPSA) is 61.4 Å². The van der Waals surface area contributed by atoms with Crippen LogP contribution in [0.3, 0.4) is 0 Å². The molecule has 0 bridgehead atoms. The summed E-state index contributed by atoms with van der Waals surface area (Å²) in [6.07, 6.45) is 1.91. The van der Waals surface area contributed by atoms with E-state index in [2.05, 4.69) is 10.6 Å². The first-order chi connectivity index (χ1) is 8.31. The van der Waals surface area contributed by atoms with Crippen LogP contribution >= 0.6 is 0 Å². The summed E-state index contributed by atoms with van der Waals surface area (Å²) in [6.45, 7) is 0.815. The summed E-state index contributed by atoms with van der Waals surface area (Å²) < 4.78 is 0. The SMILES string of the molecule is O=C(N[C@H](CO)c1ccccc1)[C@@H]1CCCN1. The third kappa shape index (κ3) is 3.05. The fraction of sp³-hybridized carbons (Fsp3) is 0.462. The maximum atomic E-state index is 11.9. The molecule has 17 heavy (non-hydrogen) atoms. The van der Waals surface area contributed by atoms with Gasteiger partial charge in [0, 0.05) is 0 Å². The van der Waals surface area contributed by atoms with E-state index in [1.54, 1.807) is 0 Å². The molecule has 4 heteroatoms. The van der Waals surface area contributed by atoms with E-state index in [0.717, 1.165) is 24.9 Å². The monoisotopic (exact) mass is 234 g/mol. The Hall–Kier alpha value is -1.39. The molecular formula is C13H18N2O2. The molecule has 1 saturated heterocycles. The van der Waals surface area contributed by atoms with E-state index >= 15 is 0 Å². The fourth-order valence-corrected chi connectivity index (χ4v) is 2.10. The van der Waals surface area contributed by atoms with Crippen LogP contribution in [0.25, 0.3) is 0 Å². The highest BCUT2D eigenvalue weighted by Gasteiger charge is 2.24. The minimum Gasteiger partial charge on any atom is -0.394 e. The van der Waals surface area contributed by atoms with Gasteiger partial charge in [-0.3, -0.25) is 4.79 Å². The van der Waals surface area contributed by atoms with E-state index in [1.165, 1.54) is 0 Å². The van der Waals surface area contributed by atoms with E-state index < -0.39 is 0 Å². The average molecular weight is 234 g/mol. The molecule has 0 aromatic heterocycles. The van der Waals surface area contributed by atoms with Crippen LogP contribution in [0.5, 0.6) is 0 Å². The summed E-state index contributed by atoms with van der Waals surface area (Å²) in [5, 5.41) is 15.4. The first-order valence-electron chi connectivity index (χ1n) is 6.01. The molecule has 1 aliphatic heterocycles. The lowest BCUT2D eigenvalue weighted by atomic mass is 10.1. The molecule has 0 saturated carbocycles. The zero-order chi connectivity index (χ0) is 12.1. The molecule has 2 atom stereocenters. The molecule has 0 radical (unpaired) electrons. The molecule has 1 heterocycles. The first-order valence-corrected chi connectivity index (χ1v) is 6.01. The largest absolute Gasteiger partial charge is 0.394 e. The second-order valence-electron chi connectivity index (χ2n) is 4.30. The maximum absolute atomic E-state index is 11.9. The zero-order valence-electron chi connectivity index (χ0n) is 9.73. The van der Waals surface area contributed by atoms with Gasteiger partial charge in [-0.05, 0) is 24.9 Å². The van der Waals surface area contributed by atoms with Gasteiger partial charge in [0.15, 0.2) is 0 Å². The fourth-order valence-electron chi connectivity index (χ4n) is 2.10. The number of aliphatic hydroxyl groups excluding tert-OH is 1. The van der Waals surface area contributed by atoms with Crippen molar-refractivity contribution in [2.75, 3.05) is 13.2 Å². The molecule has 0 spiro atoms. The minimum absolute atomic E-state index is 0.0228. The van der Waals surface area contributed by atoms with Gasteiger partial charge in [0.25, 0.3) is 0 Å². The number of carbonyl (C=O) groups is 1. The highest BCUT2D eigenvalue weighted by atomic mass is 16.3. The molecule has 2 rings (SSSR count). The third-order valence-corrected chi connectivity index (χ3v) is 3.08. The minimum atomic E-state index is -0.314. The molecule has 1 aliphatic rings. The predicted molar refractivity (Wildman–Crippen MR) is 65.4 cm³/mol. The number of nitrogens with one attached hydrogen (secondary N) is 2. The number of carbonyl (C=O) groups excluding carboxylic acids is 1. The van der Waals surface area contributed by atoms with Crippen LogP contribution in [-0.4, -0.2) is 30.2 Å². The zero-order valence-corrected chi connectivity index (χ0v) is 9.73. The summed E-state index contributed by atoms with van der Waals surface area (Å²) in [5.41, 5.74) is 0.932. The molecule has 3 N–H and O–H groups in total. The molecule has 0 unspecified atom stereocenters. The van der Waals surface area contributed by atoms with Gasteiger partial charge in [-0.15, -0.1) is 0 Å². The summed E-state index contributed by atoms with van der Waals surface area (Å²) in [5.74, 6) is -0.0228. The Kier molecular flexibility index (Phi) is 4.12. The van der Waals surface area contributed by atoms with Crippen molar-refractivity contribution in [3.63, 3.8) is 0 Å². The number of aliphatic hydroxyl groups is 1. The Labute approximate surface area is 101 Å². The van der Waals surface area contributed by atoms with Gasteiger partial charge >= 0.3 is 0 Å². The van der Waals surface area contributed by atoms with Gasteiger partial charge in [0.1, 0.15) is 0 Å². The van der Waals surface area contributed by atoms with Crippen molar-refractivity contribution >= 4 is 5.91 Å². The van der Waals surface area contributed by atoms with Gasteiger partial charge in [-0.2, -0.15) is 0 Å². The number of benzene rings is 1. The van der Waals surface area contributed by atoms with Gasteiger partial charge in [-0.25, -0.2) is 0 Å². The van der Waals surface area contributed by atoms with Crippen molar-refractivity contribution in [3.8, 4) is 0 Å². The Balaban J connectivity index is 1.97. The highest BCUT2D eigenvalue weighted by molar-refractivity contribution is 5.82. The Morgan fingerprint density at radius 2 is 2.24 bits per heavy atom. The number of hydrogen-bond acceptors (Lipinski definition) is 3. The lowest BCUT2D eigenvalue weighted by Crippen LogP contribution is -2.42. The van der Waals surface area contributed by atoms with Crippen molar-refractivity contribution < 1.29 is 9.90 Å². The predicted octanol–water partition coefficient (Wildman–Crippen LogP) is 0.588. The second kappa shape index (κ2) is 5.80. The number of hydrogen-bond donors (Lipinski definition) is 3. The first kappa shape index (κ1) is 12.1. The number of amides is 1. The number of rotatable bonds is 4. The molecule has 1 aromatic rings. The summed E-state index contributed by atoms with van der Waals surface area (Å²) in [6, 6.07) is 9.11. The van der Waals surface area contributed by atoms with Gasteiger partial charge in [-0.1, -0.05) is 30.3 Å². The summed E-state index contributed by atoms with van der Waals surface area (Å²) in [7, 11) is 0. The molecule has 1 aromatic carbocycles. The van der Waals surface area contributed by atoms with Crippen molar-refractivity contribution in [1.29, 1.82) is 0 Å². The van der Waals surface area contributed by atoms with E-state index in [0.29, 0.717) is 0 Å². The van der Waals surface area contributed by atoms with Gasteiger partial charge in [0.05, 0.1) is 18.7 Å². The van der Waals surface area contributed by atoms with Crippen LogP contribution in [0.15, 0.2) is 30.3 Å². The van der Waals surface area contributed by atoms with Crippen LogP contribution in [0, 0.1) is 0 Å². The van der Waals surface area contributed by atoms with Gasteiger partial charge in [0.2, 0.25) is 5.91 Å². The normalized spacial score (nSPS) is 21.1. The van der Waals surface area contributed by atoms with E-state index in [1.807, 2.05) is 30.3 Å². The molecule has 1 amide bonds. The molecule has 0 aliphatic carbocycles. The molecule has 1 fully saturated rings. The molecule has 4 nitrogen and oxygen atoms in total. The standard InChI is InChI=1S/C13H18N2O2/c16-9-12(10-5-2-1-3-6-10)15-13(17)11-7-4-8-14-11/h1-3,5-6,11-12,14,16H,4,7-9H2,(H,15,17)/t11-,12+/m0/s1. The van der Waals surface area contributed by atoms with Crippen molar-refractivity contribution in [2.24, 2.45) is 0 Å². The lowest BCUT2D eigenvalue weighted by Gasteiger charge is -2.19. The van der Waals surface area contributed by atoms with E-state index in [-0.39, 0.29) is 24.6 Å². The Bertz CT molecular complexity index is 361. The second-order valence-corrected chi connectivity index (χ2v) is 4.30. The quantitative estimate of drug-likeness (QED) is 0.714. The van der Waals surface area contributed by atoms with Crippen molar-refractivity contribution in [2.45, 2.75) is 24.9 Å². The lowest BCUT2D eigenvalue weighted by molar-refractivity contribution is -0.123. The van der Waals surface area contributed by atoms with Crippen molar-refractivity contribution in [3.05, 3.63) is 35.9 Å². The van der Waals surface area contributed by atoms with E-state index in [9.17, 15) is 9.90 Å². The average Bonchev–Trinajstić information content (AvgIpc) is 2.90. The smallest absolute Gasteiger partial charge is 0.237 e. The third-order valence-electron chi connectivity index (χ3n) is 3.08. The molecular weight excluding hydrogens is 216 g/mol. The van der Waals surface area contributed by atoms with Crippen LogP contribution in [0.4, 0.5) is 0 Å². The Morgan fingerprint density at radius 1 is 1.47 bits per heavy atom. The van der Waals surface area contributed by atoms with Crippen LogP contribution in [0.1, 0.15) is 24.4 Å².